The van der Waals surface area contributed by atoms with E-state index in [1.54, 1.807) is 7.11 Å². The van der Waals surface area contributed by atoms with E-state index >= 15 is 0 Å². The van der Waals surface area contributed by atoms with Gasteiger partial charge < -0.3 is 4.74 Å². The number of rotatable bonds is 3. The van der Waals surface area contributed by atoms with E-state index in [1.165, 1.54) is 16.8 Å². The predicted octanol–water partition coefficient (Wildman–Crippen LogP) is 5.43. The van der Waals surface area contributed by atoms with Gasteiger partial charge in [-0.3, -0.25) is 0 Å². The number of aryl methyl sites for hydroxylation is 1. The highest BCUT2D eigenvalue weighted by atomic mass is 35.5. The summed E-state index contributed by atoms with van der Waals surface area (Å²) in [6, 6.07) is 12.3. The minimum absolute atomic E-state index is 0.112. The zero-order valence-electron chi connectivity index (χ0n) is 14.9. The number of nitrogens with one attached hydrogen (secondary N) is 1. The first kappa shape index (κ1) is 16.9. The van der Waals surface area contributed by atoms with Crippen LogP contribution in [0.25, 0.3) is 0 Å². The van der Waals surface area contributed by atoms with E-state index in [0.29, 0.717) is 15.4 Å². The Hall–Kier alpha value is -1.97. The number of halogens is 1. The summed E-state index contributed by atoms with van der Waals surface area (Å²) in [5, 5.41) is 0.585. The minimum Gasteiger partial charge on any atom is -0.495 e. The lowest BCUT2D eigenvalue weighted by atomic mass is 9.84. The SMILES string of the molecule is C=C1C(C)(C)c2cc(C)ccc2[N+]1(C)Nc1ccc(OC)c(Cl)c1. The van der Waals surface area contributed by atoms with Crippen LogP contribution in [0.1, 0.15) is 25.0 Å². The molecule has 1 atom stereocenters. The lowest BCUT2D eigenvalue weighted by molar-refractivity contribution is 0.414. The van der Waals surface area contributed by atoms with Gasteiger partial charge in [-0.2, -0.15) is 4.59 Å². The number of quaternary nitrogens is 1. The van der Waals surface area contributed by atoms with Crippen molar-refractivity contribution in [2.75, 3.05) is 19.6 Å². The average molecular weight is 344 g/mol. The minimum atomic E-state index is -0.112. The molecule has 0 spiro atoms. The average Bonchev–Trinajstić information content (AvgIpc) is 2.66. The molecule has 0 fully saturated rings. The van der Waals surface area contributed by atoms with E-state index in [-0.39, 0.29) is 5.41 Å². The first-order valence-corrected chi connectivity index (χ1v) is 8.38. The molecule has 4 heteroatoms. The van der Waals surface area contributed by atoms with E-state index in [1.807, 2.05) is 18.2 Å². The van der Waals surface area contributed by atoms with Gasteiger partial charge in [-0.25, -0.2) is 5.43 Å². The molecule has 2 aromatic rings. The van der Waals surface area contributed by atoms with Crippen molar-refractivity contribution in [3.8, 4) is 5.75 Å². The van der Waals surface area contributed by atoms with Gasteiger partial charge in [0, 0.05) is 11.6 Å². The summed E-state index contributed by atoms with van der Waals surface area (Å²) in [5.74, 6) is 0.668. The molecular weight excluding hydrogens is 320 g/mol. The summed E-state index contributed by atoms with van der Waals surface area (Å²) in [6.45, 7) is 11.0. The Morgan fingerprint density at radius 2 is 1.88 bits per heavy atom. The van der Waals surface area contributed by atoms with Gasteiger partial charge in [-0.1, -0.05) is 23.2 Å². The maximum Gasteiger partial charge on any atom is 0.166 e. The summed E-state index contributed by atoms with van der Waals surface area (Å²) in [4.78, 5) is 0. The van der Waals surface area contributed by atoms with Gasteiger partial charge in [-0.15, -0.1) is 0 Å². The summed E-state index contributed by atoms with van der Waals surface area (Å²) in [5.41, 5.74) is 9.27. The van der Waals surface area contributed by atoms with Crippen molar-refractivity contribution in [3.05, 3.63) is 64.8 Å². The fraction of sp³-hybridized carbons (Fsp3) is 0.300. The van der Waals surface area contributed by atoms with Gasteiger partial charge in [-0.05, 0) is 51.6 Å². The van der Waals surface area contributed by atoms with Crippen molar-refractivity contribution in [3.63, 3.8) is 0 Å². The number of allylic oxidation sites excluding steroid dienone is 1. The van der Waals surface area contributed by atoms with Crippen molar-refractivity contribution in [2.24, 2.45) is 0 Å². The fourth-order valence-electron chi connectivity index (χ4n) is 3.52. The Morgan fingerprint density at radius 1 is 1.17 bits per heavy atom. The van der Waals surface area contributed by atoms with Gasteiger partial charge >= 0.3 is 0 Å². The number of nitrogens with zero attached hydrogens (tertiary/aromatic N) is 1. The Morgan fingerprint density at radius 3 is 2.50 bits per heavy atom. The zero-order valence-corrected chi connectivity index (χ0v) is 15.7. The van der Waals surface area contributed by atoms with Crippen LogP contribution in [0.15, 0.2) is 48.7 Å². The molecule has 0 amide bonds. The Bertz CT molecular complexity index is 828. The first-order chi connectivity index (χ1) is 11.2. The summed E-state index contributed by atoms with van der Waals surface area (Å²) in [6.07, 6.45) is 0. The molecule has 0 saturated carbocycles. The molecule has 1 aliphatic heterocycles. The third-order valence-corrected chi connectivity index (χ3v) is 5.37. The molecule has 0 aromatic heterocycles. The van der Waals surface area contributed by atoms with Crippen molar-refractivity contribution in [1.82, 2.24) is 4.59 Å². The Labute approximate surface area is 149 Å². The highest BCUT2D eigenvalue weighted by Gasteiger charge is 2.51. The molecule has 1 unspecified atom stereocenters. The van der Waals surface area contributed by atoms with Crippen molar-refractivity contribution >= 4 is 23.0 Å². The molecule has 3 nitrogen and oxygen atoms in total. The Balaban J connectivity index is 2.07. The molecule has 0 radical (unpaired) electrons. The predicted molar refractivity (Wildman–Crippen MR) is 103 cm³/mol. The number of hydrogen-bond donors (Lipinski definition) is 1. The monoisotopic (exact) mass is 343 g/mol. The number of anilines is 1. The molecule has 126 valence electrons. The van der Waals surface area contributed by atoms with E-state index < -0.39 is 0 Å². The van der Waals surface area contributed by atoms with Crippen LogP contribution in [0.5, 0.6) is 5.75 Å². The van der Waals surface area contributed by atoms with Gasteiger partial charge in [0.2, 0.25) is 0 Å². The summed E-state index contributed by atoms with van der Waals surface area (Å²) in [7, 11) is 3.75. The maximum absolute atomic E-state index is 6.28. The molecule has 0 aliphatic carbocycles. The second-order valence-electron chi connectivity index (χ2n) is 7.06. The van der Waals surface area contributed by atoms with E-state index in [2.05, 4.69) is 58.0 Å². The number of fused-ring (bicyclic) bond motifs is 1. The van der Waals surface area contributed by atoms with Gasteiger partial charge in [0.05, 0.1) is 23.2 Å². The molecule has 24 heavy (non-hydrogen) atoms. The van der Waals surface area contributed by atoms with Crippen molar-refractivity contribution < 1.29 is 4.74 Å². The lowest BCUT2D eigenvalue weighted by Gasteiger charge is -2.33. The number of benzene rings is 2. The summed E-state index contributed by atoms with van der Waals surface area (Å²) >= 11 is 6.28. The topological polar surface area (TPSA) is 21.3 Å². The number of likely N-dealkylation sites (N-methyl/N-ethyl adjacent to an activating group) is 1. The molecule has 1 aliphatic rings. The molecule has 1 heterocycles. The lowest BCUT2D eigenvalue weighted by Crippen LogP contribution is -2.48. The molecule has 0 saturated heterocycles. The van der Waals surface area contributed by atoms with Crippen LogP contribution in [0.2, 0.25) is 5.02 Å². The summed E-state index contributed by atoms with van der Waals surface area (Å²) < 4.78 is 5.69. The van der Waals surface area contributed by atoms with Crippen molar-refractivity contribution in [2.45, 2.75) is 26.2 Å². The maximum atomic E-state index is 6.28. The second kappa shape index (κ2) is 5.54. The molecular formula is C20H24ClN2O+. The van der Waals surface area contributed by atoms with Crippen LogP contribution < -0.4 is 14.8 Å². The first-order valence-electron chi connectivity index (χ1n) is 8.00. The standard InChI is InChI=1S/C20H24ClN2O/c1-13-7-9-18-16(11-13)20(3,4)14(2)23(18,5)22-15-8-10-19(24-6)17(21)12-15/h7-12,22H,2H2,1,3-6H3/q+1. The quantitative estimate of drug-likeness (QED) is 0.751. The largest absolute Gasteiger partial charge is 0.495 e. The molecule has 3 rings (SSSR count). The van der Waals surface area contributed by atoms with Crippen LogP contribution in [-0.2, 0) is 5.41 Å². The molecule has 0 bridgehead atoms. The third-order valence-electron chi connectivity index (χ3n) is 5.07. The molecule has 2 aromatic carbocycles. The van der Waals surface area contributed by atoms with Crippen molar-refractivity contribution in [1.29, 1.82) is 0 Å². The number of methoxy groups -OCH3 is 1. The van der Waals surface area contributed by atoms with Crippen LogP contribution in [0, 0.1) is 6.92 Å². The second-order valence-corrected chi connectivity index (χ2v) is 7.47. The van der Waals surface area contributed by atoms with Crippen LogP contribution in [0.3, 0.4) is 0 Å². The molecule has 1 N–H and O–H groups in total. The van der Waals surface area contributed by atoms with E-state index in [9.17, 15) is 0 Å². The fourth-order valence-corrected chi connectivity index (χ4v) is 3.78. The zero-order chi connectivity index (χ0) is 17.7. The third kappa shape index (κ3) is 2.40. The highest BCUT2D eigenvalue weighted by molar-refractivity contribution is 6.32. The van der Waals surface area contributed by atoms with E-state index in [0.717, 1.165) is 11.4 Å². The van der Waals surface area contributed by atoms with Gasteiger partial charge in [0.25, 0.3) is 0 Å². The van der Waals surface area contributed by atoms with Crippen LogP contribution in [-0.4, -0.2) is 14.2 Å². The number of ether oxygens (including phenoxy) is 1. The normalized spacial score (nSPS) is 21.5. The van der Waals surface area contributed by atoms with E-state index in [4.69, 9.17) is 16.3 Å². The van der Waals surface area contributed by atoms with Crippen LogP contribution >= 0.6 is 11.6 Å². The highest BCUT2D eigenvalue weighted by Crippen LogP contribution is 2.51. The van der Waals surface area contributed by atoms with Crippen LogP contribution in [0.4, 0.5) is 11.4 Å². The Kier molecular flexibility index (Phi) is 3.89. The smallest absolute Gasteiger partial charge is 0.166 e. The van der Waals surface area contributed by atoms with Gasteiger partial charge in [0.15, 0.2) is 5.69 Å². The van der Waals surface area contributed by atoms with Gasteiger partial charge in [0.1, 0.15) is 18.5 Å². The number of hydrogen-bond acceptors (Lipinski definition) is 2.